The predicted molar refractivity (Wildman–Crippen MR) is 82.8 cm³/mol. The predicted octanol–water partition coefficient (Wildman–Crippen LogP) is 3.12. The molecule has 1 N–H and O–H groups in total. The van der Waals surface area contributed by atoms with Crippen LogP contribution in [0.25, 0.3) is 0 Å². The summed E-state index contributed by atoms with van der Waals surface area (Å²) in [6, 6.07) is 7.58. The molecule has 0 aliphatic carbocycles. The molecule has 2 atom stereocenters. The largest absolute Gasteiger partial charge is 0.488 e. The number of nitrogens with zero attached hydrogens (tertiary/aromatic N) is 1. The normalized spacial score (nSPS) is 19.1. The lowest BCUT2D eigenvalue weighted by Gasteiger charge is -2.24. The van der Waals surface area contributed by atoms with Gasteiger partial charge in [-0.1, -0.05) is 6.92 Å². The Balaban J connectivity index is 1.88. The van der Waals surface area contributed by atoms with E-state index in [0.717, 1.165) is 30.9 Å². The Hall–Kier alpha value is -1.75. The molecular weight excluding hydrogens is 268 g/mol. The van der Waals surface area contributed by atoms with Crippen LogP contribution in [0.3, 0.4) is 0 Å². The van der Waals surface area contributed by atoms with E-state index in [1.807, 2.05) is 31.2 Å². The van der Waals surface area contributed by atoms with Crippen molar-refractivity contribution in [2.24, 2.45) is 0 Å². The maximum atomic E-state index is 12.0. The second-order valence-electron chi connectivity index (χ2n) is 5.43. The highest BCUT2D eigenvalue weighted by Crippen LogP contribution is 2.20. The van der Waals surface area contributed by atoms with Crippen LogP contribution in [0.4, 0.5) is 10.5 Å². The minimum atomic E-state index is -0.0952. The van der Waals surface area contributed by atoms with Gasteiger partial charge in [-0.05, 0) is 37.6 Å². The molecule has 0 unspecified atom stereocenters. The Morgan fingerprint density at radius 3 is 2.76 bits per heavy atom. The topological polar surface area (TPSA) is 50.8 Å². The number of urea groups is 1. The zero-order valence-electron chi connectivity index (χ0n) is 13.0. The lowest BCUT2D eigenvalue weighted by atomic mass is 10.2. The first-order chi connectivity index (χ1) is 10.1. The number of hydrogen-bond donors (Lipinski definition) is 1. The van der Waals surface area contributed by atoms with E-state index in [0.29, 0.717) is 6.61 Å². The first kappa shape index (κ1) is 15.6. The highest BCUT2D eigenvalue weighted by molar-refractivity contribution is 5.89. The molecule has 5 heteroatoms. The molecule has 0 saturated carbocycles. The summed E-state index contributed by atoms with van der Waals surface area (Å²) in [5.41, 5.74) is 0.769. The molecule has 1 fully saturated rings. The standard InChI is InChI=1S/C16H24N2O3/c1-4-12(2)18(3)16(19)17-13-5-7-14(8-6-13)21-15-9-10-20-11-15/h5-8,12,15H,4,9-11H2,1-3H3,(H,17,19)/t12-,15-/m0/s1. The van der Waals surface area contributed by atoms with Crippen molar-refractivity contribution in [2.45, 2.75) is 38.8 Å². The van der Waals surface area contributed by atoms with Crippen LogP contribution in [0.15, 0.2) is 24.3 Å². The summed E-state index contributed by atoms with van der Waals surface area (Å²) >= 11 is 0. The number of hydrogen-bond acceptors (Lipinski definition) is 3. The molecule has 1 aliphatic rings. The number of nitrogens with one attached hydrogen (secondary N) is 1. The second kappa shape index (κ2) is 7.31. The number of amides is 2. The number of ether oxygens (including phenoxy) is 2. The second-order valence-corrected chi connectivity index (χ2v) is 5.43. The fourth-order valence-electron chi connectivity index (χ4n) is 2.10. The van der Waals surface area contributed by atoms with Crippen molar-refractivity contribution >= 4 is 11.7 Å². The Bertz CT molecular complexity index is 455. The number of carbonyl (C=O) groups is 1. The smallest absolute Gasteiger partial charge is 0.321 e. The van der Waals surface area contributed by atoms with Gasteiger partial charge in [-0.3, -0.25) is 0 Å². The molecule has 2 rings (SSSR count). The van der Waals surface area contributed by atoms with E-state index >= 15 is 0 Å². The van der Waals surface area contributed by atoms with Gasteiger partial charge in [0.1, 0.15) is 11.9 Å². The van der Waals surface area contributed by atoms with Gasteiger partial charge < -0.3 is 19.7 Å². The molecule has 0 bridgehead atoms. The van der Waals surface area contributed by atoms with Crippen molar-refractivity contribution < 1.29 is 14.3 Å². The van der Waals surface area contributed by atoms with Crippen LogP contribution < -0.4 is 10.1 Å². The third-order valence-electron chi connectivity index (χ3n) is 3.87. The third-order valence-corrected chi connectivity index (χ3v) is 3.87. The van der Waals surface area contributed by atoms with Crippen LogP contribution in [0.5, 0.6) is 5.75 Å². The number of carbonyl (C=O) groups excluding carboxylic acids is 1. The van der Waals surface area contributed by atoms with Gasteiger partial charge in [-0.15, -0.1) is 0 Å². The summed E-state index contributed by atoms with van der Waals surface area (Å²) in [5, 5.41) is 2.88. The summed E-state index contributed by atoms with van der Waals surface area (Å²) in [4.78, 5) is 13.8. The Morgan fingerprint density at radius 1 is 1.48 bits per heavy atom. The third kappa shape index (κ3) is 4.36. The average molecular weight is 292 g/mol. The highest BCUT2D eigenvalue weighted by Gasteiger charge is 2.17. The summed E-state index contributed by atoms with van der Waals surface area (Å²) in [6.07, 6.45) is 2.00. The van der Waals surface area contributed by atoms with Gasteiger partial charge in [-0.2, -0.15) is 0 Å². The Kier molecular flexibility index (Phi) is 5.44. The summed E-state index contributed by atoms with van der Waals surface area (Å²) in [6.45, 7) is 5.51. The van der Waals surface area contributed by atoms with Crippen molar-refractivity contribution in [1.82, 2.24) is 4.90 Å². The van der Waals surface area contributed by atoms with Crippen LogP contribution in [-0.4, -0.2) is 43.3 Å². The maximum absolute atomic E-state index is 12.0. The molecule has 0 radical (unpaired) electrons. The molecule has 0 spiro atoms. The molecule has 0 aromatic heterocycles. The van der Waals surface area contributed by atoms with Gasteiger partial charge in [0, 0.05) is 25.2 Å². The van der Waals surface area contributed by atoms with E-state index < -0.39 is 0 Å². The van der Waals surface area contributed by atoms with E-state index in [4.69, 9.17) is 9.47 Å². The van der Waals surface area contributed by atoms with Crippen LogP contribution in [0, 0.1) is 0 Å². The average Bonchev–Trinajstić information content (AvgIpc) is 3.00. The van der Waals surface area contributed by atoms with Gasteiger partial charge in [0.25, 0.3) is 0 Å². The molecule has 21 heavy (non-hydrogen) atoms. The van der Waals surface area contributed by atoms with Gasteiger partial charge >= 0.3 is 6.03 Å². The molecule has 116 valence electrons. The van der Waals surface area contributed by atoms with Gasteiger partial charge in [0.05, 0.1) is 13.2 Å². The quantitative estimate of drug-likeness (QED) is 0.907. The van der Waals surface area contributed by atoms with E-state index in [1.165, 1.54) is 0 Å². The molecule has 2 amide bonds. The van der Waals surface area contributed by atoms with Crippen LogP contribution in [0.2, 0.25) is 0 Å². The number of anilines is 1. The van der Waals surface area contributed by atoms with Gasteiger partial charge in [0.2, 0.25) is 0 Å². The van der Waals surface area contributed by atoms with Crippen molar-refractivity contribution in [1.29, 1.82) is 0 Å². The van der Waals surface area contributed by atoms with Crippen LogP contribution >= 0.6 is 0 Å². The number of rotatable bonds is 5. The highest BCUT2D eigenvalue weighted by atomic mass is 16.5. The Morgan fingerprint density at radius 2 is 2.19 bits per heavy atom. The van der Waals surface area contributed by atoms with E-state index in [9.17, 15) is 4.79 Å². The molecular formula is C16H24N2O3. The van der Waals surface area contributed by atoms with Crippen molar-refractivity contribution in [3.05, 3.63) is 24.3 Å². The lowest BCUT2D eigenvalue weighted by Crippen LogP contribution is -2.37. The lowest BCUT2D eigenvalue weighted by molar-refractivity contribution is 0.141. The van der Waals surface area contributed by atoms with Crippen LogP contribution in [0.1, 0.15) is 26.7 Å². The number of benzene rings is 1. The fraction of sp³-hybridized carbons (Fsp3) is 0.562. The SMILES string of the molecule is CC[C@H](C)N(C)C(=O)Nc1ccc(O[C@H]2CCOC2)cc1. The first-order valence-electron chi connectivity index (χ1n) is 7.48. The van der Waals surface area contributed by atoms with E-state index in [2.05, 4.69) is 12.2 Å². The first-order valence-corrected chi connectivity index (χ1v) is 7.48. The van der Waals surface area contributed by atoms with Crippen molar-refractivity contribution in [2.75, 3.05) is 25.6 Å². The monoisotopic (exact) mass is 292 g/mol. The molecule has 1 aromatic rings. The maximum Gasteiger partial charge on any atom is 0.321 e. The zero-order valence-corrected chi connectivity index (χ0v) is 13.0. The molecule has 1 heterocycles. The summed E-state index contributed by atoms with van der Waals surface area (Å²) in [5.74, 6) is 0.804. The van der Waals surface area contributed by atoms with Gasteiger partial charge in [-0.25, -0.2) is 4.79 Å². The van der Waals surface area contributed by atoms with E-state index in [-0.39, 0.29) is 18.2 Å². The van der Waals surface area contributed by atoms with Crippen molar-refractivity contribution in [3.63, 3.8) is 0 Å². The minimum absolute atomic E-state index is 0.0952. The zero-order chi connectivity index (χ0) is 15.2. The molecule has 1 saturated heterocycles. The van der Waals surface area contributed by atoms with Gasteiger partial charge in [0.15, 0.2) is 0 Å². The Labute approximate surface area is 126 Å². The molecule has 5 nitrogen and oxygen atoms in total. The van der Waals surface area contributed by atoms with E-state index in [1.54, 1.807) is 11.9 Å². The molecule has 1 aromatic carbocycles. The molecule has 1 aliphatic heterocycles. The van der Waals surface area contributed by atoms with Crippen molar-refractivity contribution in [3.8, 4) is 5.75 Å². The summed E-state index contributed by atoms with van der Waals surface area (Å²) < 4.78 is 11.1. The fourth-order valence-corrected chi connectivity index (χ4v) is 2.10. The van der Waals surface area contributed by atoms with Crippen LogP contribution in [-0.2, 0) is 4.74 Å². The minimum Gasteiger partial charge on any atom is -0.488 e. The summed E-state index contributed by atoms with van der Waals surface area (Å²) in [7, 11) is 1.81.